The van der Waals surface area contributed by atoms with Crippen LogP contribution >= 0.6 is 0 Å². The van der Waals surface area contributed by atoms with Crippen LogP contribution in [0.5, 0.6) is 0 Å². The summed E-state index contributed by atoms with van der Waals surface area (Å²) in [7, 11) is -3.79. The van der Waals surface area contributed by atoms with Gasteiger partial charge in [-0.2, -0.15) is 4.98 Å². The molecule has 3 rings (SSSR count). The van der Waals surface area contributed by atoms with E-state index in [1.165, 1.54) is 10.7 Å². The fraction of sp³-hybridized carbons (Fsp3) is 0.312. The van der Waals surface area contributed by atoms with Crippen molar-refractivity contribution >= 4 is 26.7 Å². The highest BCUT2D eigenvalue weighted by molar-refractivity contribution is 7.90. The van der Waals surface area contributed by atoms with Crippen molar-refractivity contribution in [2.75, 3.05) is 12.0 Å². The van der Waals surface area contributed by atoms with Crippen LogP contribution in [0, 0.1) is 11.6 Å². The molecule has 0 aliphatic heterocycles. The first-order valence-electron chi connectivity index (χ1n) is 7.62. The van der Waals surface area contributed by atoms with E-state index in [4.69, 9.17) is 5.73 Å². The van der Waals surface area contributed by atoms with Crippen LogP contribution < -0.4 is 5.73 Å². The van der Waals surface area contributed by atoms with Gasteiger partial charge in [0.2, 0.25) is 15.0 Å². The van der Waals surface area contributed by atoms with Gasteiger partial charge in [0.05, 0.1) is 16.6 Å². The van der Waals surface area contributed by atoms with Crippen molar-refractivity contribution in [2.45, 2.75) is 31.5 Å². The third-order valence-electron chi connectivity index (χ3n) is 3.70. The van der Waals surface area contributed by atoms with Crippen LogP contribution in [-0.2, 0) is 15.4 Å². The standard InChI is InChI=1S/C16H17F2N5O2S/c1-16(2,3)23-13(19)11-12(9-6-5-8(17)7-10(9)18)20-15(26(4,24)25)21-14(11)22-23/h5-7H,19H2,1-4H3. The molecule has 2 aromatic heterocycles. The molecule has 26 heavy (non-hydrogen) atoms. The van der Waals surface area contributed by atoms with Crippen LogP contribution in [0.1, 0.15) is 20.8 Å². The highest BCUT2D eigenvalue weighted by atomic mass is 32.2. The predicted molar refractivity (Wildman–Crippen MR) is 93.2 cm³/mol. The minimum atomic E-state index is -3.79. The molecular formula is C16H17F2N5O2S. The second-order valence-corrected chi connectivity index (χ2v) is 8.83. The van der Waals surface area contributed by atoms with Gasteiger partial charge in [-0.15, -0.1) is 5.10 Å². The van der Waals surface area contributed by atoms with Gasteiger partial charge in [0, 0.05) is 17.9 Å². The lowest BCUT2D eigenvalue weighted by Gasteiger charge is -2.20. The SMILES string of the molecule is CC(C)(C)n1nc2nc(S(C)(=O)=O)nc(-c3ccc(F)cc3F)c2c1N. The van der Waals surface area contributed by atoms with Gasteiger partial charge in [0.15, 0.2) is 5.65 Å². The lowest BCUT2D eigenvalue weighted by atomic mass is 10.1. The van der Waals surface area contributed by atoms with E-state index in [0.29, 0.717) is 6.07 Å². The molecule has 138 valence electrons. The summed E-state index contributed by atoms with van der Waals surface area (Å²) in [4.78, 5) is 7.96. The smallest absolute Gasteiger partial charge is 0.249 e. The Morgan fingerprint density at radius 1 is 1.15 bits per heavy atom. The first kappa shape index (κ1) is 18.2. The van der Waals surface area contributed by atoms with Crippen molar-refractivity contribution < 1.29 is 17.2 Å². The zero-order chi connectivity index (χ0) is 19.4. The molecule has 10 heteroatoms. The normalized spacial score (nSPS) is 12.7. The Balaban J connectivity index is 2.48. The Hall–Kier alpha value is -2.62. The van der Waals surface area contributed by atoms with Gasteiger partial charge in [-0.05, 0) is 32.9 Å². The number of sulfone groups is 1. The summed E-state index contributed by atoms with van der Waals surface area (Å²) in [5, 5.41) is 3.97. The molecule has 3 aromatic rings. The molecule has 0 aliphatic rings. The summed E-state index contributed by atoms with van der Waals surface area (Å²) in [5.41, 5.74) is 5.52. The number of aromatic nitrogens is 4. The van der Waals surface area contributed by atoms with Crippen LogP contribution in [0.15, 0.2) is 23.4 Å². The molecule has 0 aliphatic carbocycles. The van der Waals surface area contributed by atoms with Crippen LogP contribution in [0.4, 0.5) is 14.6 Å². The third kappa shape index (κ3) is 3.00. The Bertz CT molecular complexity index is 1130. The lowest BCUT2D eigenvalue weighted by Crippen LogP contribution is -2.24. The zero-order valence-electron chi connectivity index (χ0n) is 14.6. The summed E-state index contributed by atoms with van der Waals surface area (Å²) in [6.07, 6.45) is 0.934. The number of hydrogen-bond donors (Lipinski definition) is 1. The van der Waals surface area contributed by atoms with Crippen molar-refractivity contribution in [3.05, 3.63) is 29.8 Å². The number of nitrogen functional groups attached to an aromatic ring is 1. The molecular weight excluding hydrogens is 364 g/mol. The van der Waals surface area contributed by atoms with Gasteiger partial charge in [-0.1, -0.05) is 0 Å². The van der Waals surface area contributed by atoms with E-state index in [-0.39, 0.29) is 28.1 Å². The van der Waals surface area contributed by atoms with Crippen molar-refractivity contribution in [1.82, 2.24) is 19.7 Å². The van der Waals surface area contributed by atoms with E-state index >= 15 is 0 Å². The Labute approximate surface area is 148 Å². The number of hydrogen-bond acceptors (Lipinski definition) is 6. The molecule has 0 unspecified atom stereocenters. The molecule has 0 fully saturated rings. The van der Waals surface area contributed by atoms with E-state index in [9.17, 15) is 17.2 Å². The summed E-state index contributed by atoms with van der Waals surface area (Å²) in [6, 6.07) is 2.91. The van der Waals surface area contributed by atoms with Crippen LogP contribution in [-0.4, -0.2) is 34.4 Å². The molecule has 0 saturated carbocycles. The number of nitrogens with zero attached hydrogens (tertiary/aromatic N) is 4. The molecule has 0 atom stereocenters. The number of halogens is 2. The summed E-state index contributed by atoms with van der Waals surface area (Å²) >= 11 is 0. The molecule has 1 aromatic carbocycles. The molecule has 2 N–H and O–H groups in total. The van der Waals surface area contributed by atoms with E-state index in [1.54, 1.807) is 0 Å². The maximum atomic E-state index is 14.3. The Morgan fingerprint density at radius 3 is 2.35 bits per heavy atom. The zero-order valence-corrected chi connectivity index (χ0v) is 15.4. The summed E-state index contributed by atoms with van der Waals surface area (Å²) in [5.74, 6) is -1.50. The third-order valence-corrected chi connectivity index (χ3v) is 4.55. The number of rotatable bonds is 2. The van der Waals surface area contributed by atoms with Crippen LogP contribution in [0.25, 0.3) is 22.3 Å². The van der Waals surface area contributed by atoms with Crippen molar-refractivity contribution in [1.29, 1.82) is 0 Å². The van der Waals surface area contributed by atoms with Gasteiger partial charge in [0.25, 0.3) is 0 Å². The van der Waals surface area contributed by atoms with E-state index in [2.05, 4.69) is 15.1 Å². The second kappa shape index (κ2) is 5.70. The number of benzene rings is 1. The van der Waals surface area contributed by atoms with Gasteiger partial charge >= 0.3 is 0 Å². The van der Waals surface area contributed by atoms with Gasteiger partial charge < -0.3 is 5.73 Å². The quantitative estimate of drug-likeness (QED) is 0.684. The molecule has 0 bridgehead atoms. The van der Waals surface area contributed by atoms with Crippen LogP contribution in [0.3, 0.4) is 0 Å². The first-order chi connectivity index (χ1) is 11.9. The fourth-order valence-corrected chi connectivity index (χ4v) is 3.05. The molecule has 7 nitrogen and oxygen atoms in total. The van der Waals surface area contributed by atoms with Crippen molar-refractivity contribution in [2.24, 2.45) is 0 Å². The molecule has 0 saturated heterocycles. The van der Waals surface area contributed by atoms with Gasteiger partial charge in [0.1, 0.15) is 17.5 Å². The van der Waals surface area contributed by atoms with E-state index in [0.717, 1.165) is 12.3 Å². The average Bonchev–Trinajstić information content (AvgIpc) is 2.83. The summed E-state index contributed by atoms with van der Waals surface area (Å²) < 4.78 is 53.0. The molecule has 2 heterocycles. The van der Waals surface area contributed by atoms with Crippen molar-refractivity contribution in [3.63, 3.8) is 0 Å². The number of fused-ring (bicyclic) bond motifs is 1. The Morgan fingerprint density at radius 2 is 1.81 bits per heavy atom. The summed E-state index contributed by atoms with van der Waals surface area (Å²) in [6.45, 7) is 5.54. The molecule has 0 spiro atoms. The topological polar surface area (TPSA) is 104 Å². The highest BCUT2D eigenvalue weighted by Gasteiger charge is 2.27. The maximum Gasteiger partial charge on any atom is 0.249 e. The number of nitrogens with two attached hydrogens (primary N) is 1. The Kier molecular flexibility index (Phi) is 3.98. The fourth-order valence-electron chi connectivity index (χ4n) is 2.55. The van der Waals surface area contributed by atoms with E-state index < -0.39 is 32.2 Å². The second-order valence-electron chi connectivity index (χ2n) is 6.92. The largest absolute Gasteiger partial charge is 0.383 e. The van der Waals surface area contributed by atoms with Crippen LogP contribution in [0.2, 0.25) is 0 Å². The molecule has 0 radical (unpaired) electrons. The van der Waals surface area contributed by atoms with Gasteiger partial charge in [-0.25, -0.2) is 26.9 Å². The maximum absolute atomic E-state index is 14.3. The minimum Gasteiger partial charge on any atom is -0.383 e. The first-order valence-corrected chi connectivity index (χ1v) is 9.51. The van der Waals surface area contributed by atoms with E-state index in [1.807, 2.05) is 20.8 Å². The van der Waals surface area contributed by atoms with Crippen molar-refractivity contribution in [3.8, 4) is 11.3 Å². The predicted octanol–water partition coefficient (Wildman–Crippen LogP) is 2.51. The lowest BCUT2D eigenvalue weighted by molar-refractivity contribution is 0.364. The average molecular weight is 381 g/mol. The minimum absolute atomic E-state index is 0.0200. The monoisotopic (exact) mass is 381 g/mol. The van der Waals surface area contributed by atoms with Gasteiger partial charge in [-0.3, -0.25) is 0 Å². The molecule has 0 amide bonds. The number of anilines is 1. The highest BCUT2D eigenvalue weighted by Crippen LogP contribution is 2.34.